The standard InChI is InChI=1S/C27H45N3O9/c1-13(2)19-25(34)37-17(8)23(32)29(11)21(15(5)6)27(36)39-18(9)24(33)30(12)20(14(3)4)26(35)38-16(7)22(31)28(19)10/h13-21H,1-12H3/t16-,17-,18-,19+,20+,21+/m1/s1/i10+2,11+2,12+2. The lowest BCUT2D eigenvalue weighted by atomic mass is 10.0. The molecule has 0 aliphatic carbocycles. The first kappa shape index (κ1) is 33.8. The van der Waals surface area contributed by atoms with Crippen LogP contribution in [-0.2, 0) is 43.0 Å². The van der Waals surface area contributed by atoms with Crippen molar-refractivity contribution in [3.05, 3.63) is 0 Å². The Morgan fingerprint density at radius 1 is 0.487 bits per heavy atom. The molecule has 0 N–H and O–H groups in total. The zero-order valence-electron chi connectivity index (χ0n) is 25.2. The molecule has 0 saturated carbocycles. The van der Waals surface area contributed by atoms with Crippen molar-refractivity contribution in [1.29, 1.82) is 0 Å². The van der Waals surface area contributed by atoms with Gasteiger partial charge in [0.1, 0.15) is 18.1 Å². The number of cyclic esters (lactones) is 3. The fourth-order valence-electron chi connectivity index (χ4n) is 4.79. The SMILES string of the molecule is CC(C)[C@H]1C(=O)O[C@H](C)C(=O)N([14CH3])[C@@H](C(C)C)C(=O)O[C@H](C)C(=O)N([14CH3])[C@@H](C(C)C)C(=O)O[C@H](C)C(=O)N1[14CH3]. The van der Waals surface area contributed by atoms with Gasteiger partial charge >= 0.3 is 17.9 Å². The molecule has 12 nitrogen and oxygen atoms in total. The van der Waals surface area contributed by atoms with Crippen LogP contribution in [0.4, 0.5) is 0 Å². The van der Waals surface area contributed by atoms with E-state index >= 15 is 0 Å². The molecular weight excluding hydrogens is 516 g/mol. The fraction of sp³-hybridized carbons (Fsp3) is 0.778. The minimum atomic E-state index is -1.28. The van der Waals surface area contributed by atoms with Gasteiger partial charge in [0.25, 0.3) is 17.7 Å². The van der Waals surface area contributed by atoms with E-state index in [1.807, 2.05) is 0 Å². The molecule has 0 bridgehead atoms. The number of rotatable bonds is 3. The van der Waals surface area contributed by atoms with E-state index in [-0.39, 0.29) is 0 Å². The minimum absolute atomic E-state index is 0.410. The Morgan fingerprint density at radius 3 is 0.821 bits per heavy atom. The molecule has 0 spiro atoms. The van der Waals surface area contributed by atoms with Crippen molar-refractivity contribution in [2.24, 2.45) is 17.8 Å². The molecule has 0 aromatic carbocycles. The summed E-state index contributed by atoms with van der Waals surface area (Å²) in [5, 5.41) is 0. The first-order chi connectivity index (χ1) is 17.8. The van der Waals surface area contributed by atoms with Gasteiger partial charge in [-0.2, -0.15) is 0 Å². The van der Waals surface area contributed by atoms with Gasteiger partial charge in [-0.1, -0.05) is 41.5 Å². The van der Waals surface area contributed by atoms with E-state index in [4.69, 9.17) is 14.2 Å². The second kappa shape index (κ2) is 13.7. The van der Waals surface area contributed by atoms with Gasteiger partial charge in [-0.05, 0) is 38.5 Å². The number of carbonyl (C=O) groups is 6. The van der Waals surface area contributed by atoms with E-state index in [2.05, 4.69) is 0 Å². The molecule has 1 rings (SSSR count). The molecule has 1 saturated heterocycles. The third-order valence-electron chi connectivity index (χ3n) is 6.84. The monoisotopic (exact) mass is 561 g/mol. The number of hydrogen-bond acceptors (Lipinski definition) is 9. The van der Waals surface area contributed by atoms with Crippen LogP contribution in [0.3, 0.4) is 0 Å². The Labute approximate surface area is 231 Å². The van der Waals surface area contributed by atoms with E-state index in [1.165, 1.54) is 41.9 Å². The quantitative estimate of drug-likeness (QED) is 0.368. The van der Waals surface area contributed by atoms with Crippen molar-refractivity contribution < 1.29 is 43.0 Å². The highest BCUT2D eigenvalue weighted by molar-refractivity contribution is 5.93. The summed E-state index contributed by atoms with van der Waals surface area (Å²) >= 11 is 0. The largest absolute Gasteiger partial charge is 0.451 e. The smallest absolute Gasteiger partial charge is 0.329 e. The average Bonchev–Trinajstić information content (AvgIpc) is 2.80. The number of hydrogen-bond donors (Lipinski definition) is 0. The van der Waals surface area contributed by atoms with Gasteiger partial charge in [-0.15, -0.1) is 0 Å². The Kier molecular flexibility index (Phi) is 11.9. The summed E-state index contributed by atoms with van der Waals surface area (Å²) in [6, 6.07) is -3.26. The number of likely N-dealkylation sites (N-methyl/N-ethyl adjacent to an activating group) is 3. The second-order valence-electron chi connectivity index (χ2n) is 11.2. The Hall–Kier alpha value is -3.18. The van der Waals surface area contributed by atoms with E-state index in [0.717, 1.165) is 14.7 Å². The molecule has 1 heterocycles. The maximum Gasteiger partial charge on any atom is 0.329 e. The number of amides is 3. The summed E-state index contributed by atoms with van der Waals surface area (Å²) in [4.78, 5) is 82.4. The Morgan fingerprint density at radius 2 is 0.667 bits per heavy atom. The van der Waals surface area contributed by atoms with Gasteiger partial charge in [0.15, 0.2) is 18.3 Å². The molecule has 0 radical (unpaired) electrons. The normalized spacial score (nSPS) is 29.5. The van der Waals surface area contributed by atoms with Crippen molar-refractivity contribution in [3.8, 4) is 0 Å². The van der Waals surface area contributed by atoms with Crippen molar-refractivity contribution in [3.63, 3.8) is 0 Å². The van der Waals surface area contributed by atoms with Crippen LogP contribution in [0, 0.1) is 17.8 Å². The predicted octanol–water partition coefficient (Wildman–Crippen LogP) is 1.24. The fourth-order valence-corrected chi connectivity index (χ4v) is 4.79. The molecule has 1 aliphatic heterocycles. The molecule has 0 aromatic rings. The van der Waals surface area contributed by atoms with Gasteiger partial charge in [-0.3, -0.25) is 14.4 Å². The molecule has 1 aliphatic rings. The number of esters is 3. The van der Waals surface area contributed by atoms with Crippen LogP contribution >= 0.6 is 0 Å². The zero-order valence-corrected chi connectivity index (χ0v) is 25.2. The highest BCUT2D eigenvalue weighted by Gasteiger charge is 2.41. The molecule has 3 amide bonds. The topological polar surface area (TPSA) is 140 Å². The molecule has 6 atom stereocenters. The van der Waals surface area contributed by atoms with Crippen molar-refractivity contribution in [2.45, 2.75) is 98.8 Å². The maximum atomic E-state index is 13.2. The lowest BCUT2D eigenvalue weighted by Gasteiger charge is -2.36. The highest BCUT2D eigenvalue weighted by atomic mass is 16.6. The lowest BCUT2D eigenvalue weighted by molar-refractivity contribution is -0.177. The van der Waals surface area contributed by atoms with Gasteiger partial charge in [0.2, 0.25) is 0 Å². The summed E-state index contributed by atoms with van der Waals surface area (Å²) in [5.41, 5.74) is 0. The summed E-state index contributed by atoms with van der Waals surface area (Å²) < 4.78 is 16.3. The van der Waals surface area contributed by atoms with Crippen LogP contribution in [0.1, 0.15) is 62.3 Å². The maximum absolute atomic E-state index is 13.2. The molecule has 39 heavy (non-hydrogen) atoms. The average molecular weight is 562 g/mol. The minimum Gasteiger partial charge on any atom is -0.451 e. The summed E-state index contributed by atoms with van der Waals surface area (Å²) in [5.74, 6) is -5.67. The van der Waals surface area contributed by atoms with Gasteiger partial charge in [0.05, 0.1) is 0 Å². The van der Waals surface area contributed by atoms with Crippen LogP contribution in [-0.4, -0.2) is 108 Å². The molecule has 0 aromatic heterocycles. The van der Waals surface area contributed by atoms with Crippen molar-refractivity contribution in [2.75, 3.05) is 21.1 Å². The number of ether oxygens (including phenoxy) is 3. The van der Waals surface area contributed by atoms with Gasteiger partial charge in [0, 0.05) is 21.1 Å². The lowest BCUT2D eigenvalue weighted by Crippen LogP contribution is -2.55. The van der Waals surface area contributed by atoms with Crippen LogP contribution in [0.2, 0.25) is 0 Å². The van der Waals surface area contributed by atoms with Crippen LogP contribution in [0.15, 0.2) is 0 Å². The molecule has 222 valence electrons. The summed E-state index contributed by atoms with van der Waals surface area (Å²) in [6.45, 7) is 14.3. The summed E-state index contributed by atoms with van der Waals surface area (Å²) in [7, 11) is 4.16. The van der Waals surface area contributed by atoms with E-state index in [1.54, 1.807) is 41.5 Å². The van der Waals surface area contributed by atoms with Crippen LogP contribution in [0.25, 0.3) is 0 Å². The predicted molar refractivity (Wildman–Crippen MR) is 141 cm³/mol. The number of carbonyl (C=O) groups excluding carboxylic acids is 6. The van der Waals surface area contributed by atoms with Crippen LogP contribution < -0.4 is 0 Å². The number of nitrogens with zero attached hydrogens (tertiary/aromatic N) is 3. The third kappa shape index (κ3) is 7.92. The van der Waals surface area contributed by atoms with E-state index in [9.17, 15) is 28.8 Å². The molecular formula is C27H45N3O9. The van der Waals surface area contributed by atoms with Crippen LogP contribution in [0.5, 0.6) is 0 Å². The molecule has 1 fully saturated rings. The Bertz CT molecular complexity index is 830. The van der Waals surface area contributed by atoms with E-state index < -0.39 is 89.8 Å². The third-order valence-corrected chi connectivity index (χ3v) is 6.84. The second-order valence-corrected chi connectivity index (χ2v) is 11.2. The van der Waals surface area contributed by atoms with Crippen molar-refractivity contribution >= 4 is 35.6 Å². The summed E-state index contributed by atoms with van der Waals surface area (Å²) in [6.07, 6.45) is -3.85. The highest BCUT2D eigenvalue weighted by Crippen LogP contribution is 2.20. The van der Waals surface area contributed by atoms with Gasteiger partial charge in [-0.25, -0.2) is 14.4 Å². The van der Waals surface area contributed by atoms with E-state index in [0.29, 0.717) is 0 Å². The van der Waals surface area contributed by atoms with Gasteiger partial charge < -0.3 is 28.9 Å². The molecule has 0 unspecified atom stereocenters. The Balaban J connectivity index is 3.61. The van der Waals surface area contributed by atoms with Crippen molar-refractivity contribution in [1.82, 2.24) is 14.7 Å². The first-order valence-electron chi connectivity index (χ1n) is 13.3. The molecule has 12 heteroatoms. The zero-order chi connectivity index (χ0) is 30.5. The first-order valence-corrected chi connectivity index (χ1v) is 13.3.